The van der Waals surface area contributed by atoms with E-state index in [1.807, 2.05) is 0 Å². The molecule has 1 aromatic rings. The molecule has 4 nitrogen and oxygen atoms in total. The Labute approximate surface area is 105 Å². The number of aliphatic hydroxyl groups is 1. The van der Waals surface area contributed by atoms with Gasteiger partial charge in [0.05, 0.1) is 23.7 Å². The van der Waals surface area contributed by atoms with E-state index in [4.69, 9.17) is 5.11 Å². The van der Waals surface area contributed by atoms with Gasteiger partial charge in [0.1, 0.15) is 0 Å². The molecule has 102 valence electrons. The number of aliphatic hydroxyl groups excluding tert-OH is 1. The van der Waals surface area contributed by atoms with Crippen molar-refractivity contribution in [2.24, 2.45) is 0 Å². The van der Waals surface area contributed by atoms with Gasteiger partial charge in [0.25, 0.3) is 6.43 Å². The number of sulfone groups is 1. The molecular weight excluding hydrogens is 264 g/mol. The molecule has 0 heterocycles. The fourth-order valence-electron chi connectivity index (χ4n) is 1.63. The lowest BCUT2D eigenvalue weighted by atomic mass is 10.3. The van der Waals surface area contributed by atoms with Crippen LogP contribution in [0.5, 0.6) is 0 Å². The second-order valence-electron chi connectivity index (χ2n) is 3.80. The van der Waals surface area contributed by atoms with Crippen molar-refractivity contribution in [2.45, 2.75) is 11.3 Å². The number of halogens is 2. The monoisotopic (exact) mass is 279 g/mol. The summed E-state index contributed by atoms with van der Waals surface area (Å²) in [6.45, 7) is -0.991. The van der Waals surface area contributed by atoms with Crippen LogP contribution in [0.2, 0.25) is 0 Å². The molecule has 0 amide bonds. The first-order chi connectivity index (χ1) is 8.36. The van der Waals surface area contributed by atoms with E-state index in [9.17, 15) is 17.2 Å². The number of nitrogens with zero attached hydrogens (tertiary/aromatic N) is 1. The molecule has 0 spiro atoms. The molecule has 0 aliphatic rings. The van der Waals surface area contributed by atoms with E-state index < -0.39 is 22.8 Å². The average Bonchev–Trinajstić information content (AvgIpc) is 2.27. The highest BCUT2D eigenvalue weighted by Crippen LogP contribution is 2.25. The van der Waals surface area contributed by atoms with Gasteiger partial charge in [-0.15, -0.1) is 0 Å². The maximum Gasteiger partial charge on any atom is 0.255 e. The number of hydrogen-bond donors (Lipinski definition) is 1. The van der Waals surface area contributed by atoms with Gasteiger partial charge in [0.15, 0.2) is 9.84 Å². The standard InChI is InChI=1S/C11H15F2NO3S/c1-18(16,17)10-5-3-2-4-9(10)14(6-7-15)8-11(12)13/h2-5,11,15H,6-8H2,1H3. The predicted octanol–water partition coefficient (Wildman–Crippen LogP) is 1.15. The number of rotatable bonds is 6. The summed E-state index contributed by atoms with van der Waals surface area (Å²) in [5.74, 6) is 0. The van der Waals surface area contributed by atoms with Gasteiger partial charge in [-0.1, -0.05) is 12.1 Å². The lowest BCUT2D eigenvalue weighted by Gasteiger charge is -2.25. The summed E-state index contributed by atoms with van der Waals surface area (Å²) in [5, 5.41) is 8.87. The summed E-state index contributed by atoms with van der Waals surface area (Å²) >= 11 is 0. The first-order valence-corrected chi connectivity index (χ1v) is 7.18. The highest BCUT2D eigenvalue weighted by molar-refractivity contribution is 7.90. The fraction of sp³-hybridized carbons (Fsp3) is 0.455. The Morgan fingerprint density at radius 2 is 1.94 bits per heavy atom. The number of benzene rings is 1. The Bertz CT molecular complexity index is 491. The first-order valence-electron chi connectivity index (χ1n) is 5.29. The summed E-state index contributed by atoms with van der Waals surface area (Å²) in [6.07, 6.45) is -1.59. The molecule has 0 aromatic heterocycles. The van der Waals surface area contributed by atoms with Crippen molar-refractivity contribution in [2.75, 3.05) is 30.9 Å². The summed E-state index contributed by atoms with van der Waals surface area (Å²) < 4.78 is 48.0. The lowest BCUT2D eigenvalue weighted by Crippen LogP contribution is -2.32. The van der Waals surface area contributed by atoms with E-state index in [1.165, 1.54) is 23.1 Å². The molecule has 0 saturated heterocycles. The molecule has 0 bridgehead atoms. The molecule has 0 saturated carbocycles. The molecule has 1 aromatic carbocycles. The molecule has 7 heteroatoms. The highest BCUT2D eigenvalue weighted by Gasteiger charge is 2.19. The smallest absolute Gasteiger partial charge is 0.255 e. The number of para-hydroxylation sites is 1. The van der Waals surface area contributed by atoms with Crippen LogP contribution >= 0.6 is 0 Å². The van der Waals surface area contributed by atoms with Crippen molar-refractivity contribution in [3.05, 3.63) is 24.3 Å². The van der Waals surface area contributed by atoms with E-state index in [0.717, 1.165) is 6.26 Å². The zero-order valence-corrected chi connectivity index (χ0v) is 10.7. The van der Waals surface area contributed by atoms with E-state index in [2.05, 4.69) is 0 Å². The van der Waals surface area contributed by atoms with Gasteiger partial charge in [-0.05, 0) is 12.1 Å². The number of alkyl halides is 2. The van der Waals surface area contributed by atoms with Gasteiger partial charge >= 0.3 is 0 Å². The summed E-state index contributed by atoms with van der Waals surface area (Å²) in [5.41, 5.74) is 0.189. The minimum atomic E-state index is -3.50. The normalized spacial score (nSPS) is 11.8. The highest BCUT2D eigenvalue weighted by atomic mass is 32.2. The van der Waals surface area contributed by atoms with Crippen LogP contribution in [0, 0.1) is 0 Å². The third-order valence-electron chi connectivity index (χ3n) is 2.33. The Kier molecular flexibility index (Phi) is 5.03. The van der Waals surface area contributed by atoms with Crippen LogP contribution in [0.3, 0.4) is 0 Å². The van der Waals surface area contributed by atoms with E-state index in [-0.39, 0.29) is 23.7 Å². The van der Waals surface area contributed by atoms with Crippen molar-refractivity contribution in [1.29, 1.82) is 0 Å². The Morgan fingerprint density at radius 1 is 1.33 bits per heavy atom. The van der Waals surface area contributed by atoms with Crippen LogP contribution in [0.15, 0.2) is 29.2 Å². The van der Waals surface area contributed by atoms with Crippen LogP contribution in [0.1, 0.15) is 0 Å². The van der Waals surface area contributed by atoms with E-state index in [0.29, 0.717) is 0 Å². The number of anilines is 1. The van der Waals surface area contributed by atoms with Crippen LogP contribution in [-0.4, -0.2) is 45.9 Å². The fourth-order valence-corrected chi connectivity index (χ4v) is 2.53. The molecule has 1 rings (SSSR count). The second kappa shape index (κ2) is 6.10. The summed E-state index contributed by atoms with van der Waals surface area (Å²) in [6, 6.07) is 5.91. The number of hydrogen-bond acceptors (Lipinski definition) is 4. The minimum absolute atomic E-state index is 0.0147. The van der Waals surface area contributed by atoms with Crippen molar-refractivity contribution in [3.8, 4) is 0 Å². The quantitative estimate of drug-likeness (QED) is 0.849. The van der Waals surface area contributed by atoms with Crippen molar-refractivity contribution < 1.29 is 22.3 Å². The summed E-state index contributed by atoms with van der Waals surface area (Å²) in [4.78, 5) is 1.15. The molecule has 0 fully saturated rings. The van der Waals surface area contributed by atoms with Gasteiger partial charge in [-0.3, -0.25) is 0 Å². The van der Waals surface area contributed by atoms with Crippen molar-refractivity contribution in [1.82, 2.24) is 0 Å². The third-order valence-corrected chi connectivity index (χ3v) is 3.48. The van der Waals surface area contributed by atoms with Gasteiger partial charge in [-0.2, -0.15) is 0 Å². The first kappa shape index (κ1) is 14.8. The minimum Gasteiger partial charge on any atom is -0.395 e. The lowest BCUT2D eigenvalue weighted by molar-refractivity contribution is 0.152. The second-order valence-corrected chi connectivity index (χ2v) is 5.78. The van der Waals surface area contributed by atoms with Gasteiger partial charge < -0.3 is 10.0 Å². The molecular formula is C11H15F2NO3S. The summed E-state index contributed by atoms with van der Waals surface area (Å²) in [7, 11) is -3.50. The molecule has 18 heavy (non-hydrogen) atoms. The molecule has 0 unspecified atom stereocenters. The topological polar surface area (TPSA) is 57.6 Å². The molecule has 0 aliphatic carbocycles. The maximum absolute atomic E-state index is 12.4. The Morgan fingerprint density at radius 3 is 2.44 bits per heavy atom. The Balaban J connectivity index is 3.19. The van der Waals surface area contributed by atoms with E-state index >= 15 is 0 Å². The largest absolute Gasteiger partial charge is 0.395 e. The molecule has 1 N–H and O–H groups in total. The SMILES string of the molecule is CS(=O)(=O)c1ccccc1N(CCO)CC(F)F. The molecule has 0 radical (unpaired) electrons. The van der Waals surface area contributed by atoms with Gasteiger partial charge in [0, 0.05) is 12.8 Å². The predicted molar refractivity (Wildman–Crippen MR) is 64.9 cm³/mol. The molecule has 0 atom stereocenters. The van der Waals surface area contributed by atoms with Crippen molar-refractivity contribution in [3.63, 3.8) is 0 Å². The van der Waals surface area contributed by atoms with Gasteiger partial charge in [-0.25, -0.2) is 17.2 Å². The average molecular weight is 279 g/mol. The van der Waals surface area contributed by atoms with Crippen LogP contribution < -0.4 is 4.90 Å². The van der Waals surface area contributed by atoms with Crippen molar-refractivity contribution >= 4 is 15.5 Å². The molecule has 0 aliphatic heterocycles. The van der Waals surface area contributed by atoms with Gasteiger partial charge in [0.2, 0.25) is 0 Å². The van der Waals surface area contributed by atoms with E-state index in [1.54, 1.807) is 6.07 Å². The van der Waals surface area contributed by atoms with Crippen LogP contribution in [0.25, 0.3) is 0 Å². The zero-order valence-electron chi connectivity index (χ0n) is 9.88. The zero-order chi connectivity index (χ0) is 13.8. The van der Waals surface area contributed by atoms with Crippen LogP contribution in [0.4, 0.5) is 14.5 Å². The maximum atomic E-state index is 12.4. The Hall–Kier alpha value is -1.21. The third kappa shape index (κ3) is 3.92. The van der Waals surface area contributed by atoms with Crippen LogP contribution in [-0.2, 0) is 9.84 Å².